The molecule has 1 aromatic carbocycles. The predicted octanol–water partition coefficient (Wildman–Crippen LogP) is 2.98. The molecule has 0 bridgehead atoms. The summed E-state index contributed by atoms with van der Waals surface area (Å²) < 4.78 is 6.03. The number of hydrogen-bond acceptors (Lipinski definition) is 4. The van der Waals surface area contributed by atoms with Crippen molar-refractivity contribution in [2.45, 2.75) is 57.9 Å². The molecule has 0 saturated heterocycles. The number of rotatable bonds is 4. The number of carboxylic acids is 1. The van der Waals surface area contributed by atoms with E-state index in [0.29, 0.717) is 32.2 Å². The van der Waals surface area contributed by atoms with Gasteiger partial charge in [0.25, 0.3) is 0 Å². The minimum absolute atomic E-state index is 0.00358. The average Bonchev–Trinajstić information content (AvgIpc) is 3.14. The highest BCUT2D eigenvalue weighted by Gasteiger charge is 2.22. The van der Waals surface area contributed by atoms with Crippen molar-refractivity contribution >= 4 is 11.9 Å². The summed E-state index contributed by atoms with van der Waals surface area (Å²) in [6.45, 7) is 3.23. The van der Waals surface area contributed by atoms with E-state index in [0.717, 1.165) is 42.7 Å². The maximum absolute atomic E-state index is 12.4. The van der Waals surface area contributed by atoms with Crippen molar-refractivity contribution in [3.8, 4) is 5.75 Å². The lowest BCUT2D eigenvalue weighted by Crippen LogP contribution is -2.39. The molecule has 28 heavy (non-hydrogen) atoms. The molecule has 0 aromatic heterocycles. The fraction of sp³-hybridized carbons (Fsp3) is 0.636. The van der Waals surface area contributed by atoms with Crippen LogP contribution < -0.4 is 10.1 Å². The van der Waals surface area contributed by atoms with Crippen molar-refractivity contribution in [3.63, 3.8) is 0 Å². The van der Waals surface area contributed by atoms with E-state index in [4.69, 9.17) is 9.84 Å². The Hall–Kier alpha value is -2.08. The molecule has 6 heteroatoms. The first-order valence-electron chi connectivity index (χ1n) is 10.6. The standard InChI is InChI=1S/C22H32N2O4/c25-21-16-24(14-17-6-2-3-7-17)15-19-12-18(13-22(26)27)8-9-20(19)28-11-5-1-4-10-23-21/h8-9,12,17H,1-7,10-11,13-16H2,(H,23,25)(H,26,27). The van der Waals surface area contributed by atoms with Gasteiger partial charge in [-0.05, 0) is 49.7 Å². The molecule has 2 N–H and O–H groups in total. The molecule has 2 aliphatic rings. The largest absolute Gasteiger partial charge is 0.493 e. The number of nitrogens with one attached hydrogen (secondary N) is 1. The second-order valence-electron chi connectivity index (χ2n) is 8.09. The molecule has 1 aliphatic heterocycles. The number of hydrogen-bond donors (Lipinski definition) is 2. The molecule has 0 unspecified atom stereocenters. The fourth-order valence-electron chi connectivity index (χ4n) is 4.24. The van der Waals surface area contributed by atoms with Crippen LogP contribution in [-0.4, -0.2) is 48.1 Å². The second kappa shape index (κ2) is 10.5. The summed E-state index contributed by atoms with van der Waals surface area (Å²) in [4.78, 5) is 25.8. The third kappa shape index (κ3) is 6.51. The van der Waals surface area contributed by atoms with E-state index >= 15 is 0 Å². The van der Waals surface area contributed by atoms with Crippen LogP contribution in [0.4, 0.5) is 0 Å². The minimum atomic E-state index is -0.840. The van der Waals surface area contributed by atoms with Crippen molar-refractivity contribution in [1.29, 1.82) is 0 Å². The number of ether oxygens (including phenoxy) is 1. The lowest BCUT2D eigenvalue weighted by molar-refractivity contribution is -0.136. The van der Waals surface area contributed by atoms with Crippen LogP contribution in [0.2, 0.25) is 0 Å². The number of nitrogens with zero attached hydrogens (tertiary/aromatic N) is 1. The first-order valence-corrected chi connectivity index (χ1v) is 10.6. The van der Waals surface area contributed by atoms with Crippen LogP contribution in [0.5, 0.6) is 5.75 Å². The van der Waals surface area contributed by atoms with Crippen LogP contribution in [0.3, 0.4) is 0 Å². The van der Waals surface area contributed by atoms with Crippen molar-refractivity contribution in [3.05, 3.63) is 29.3 Å². The van der Waals surface area contributed by atoms with Gasteiger partial charge in [0.1, 0.15) is 5.75 Å². The van der Waals surface area contributed by atoms with E-state index in [1.165, 1.54) is 25.7 Å². The van der Waals surface area contributed by atoms with E-state index in [-0.39, 0.29) is 12.3 Å². The smallest absolute Gasteiger partial charge is 0.307 e. The lowest BCUT2D eigenvalue weighted by atomic mass is 10.0. The summed E-state index contributed by atoms with van der Waals surface area (Å²) in [6, 6.07) is 5.66. The topological polar surface area (TPSA) is 78.9 Å². The van der Waals surface area contributed by atoms with Crippen LogP contribution in [-0.2, 0) is 22.6 Å². The highest BCUT2D eigenvalue weighted by Crippen LogP contribution is 2.28. The monoisotopic (exact) mass is 388 g/mol. The molecule has 1 aromatic rings. The van der Waals surface area contributed by atoms with E-state index in [9.17, 15) is 9.59 Å². The van der Waals surface area contributed by atoms with Gasteiger partial charge in [0.2, 0.25) is 5.91 Å². The molecule has 0 radical (unpaired) electrons. The number of amides is 1. The third-order valence-electron chi connectivity index (χ3n) is 5.63. The van der Waals surface area contributed by atoms with Gasteiger partial charge >= 0.3 is 5.97 Å². The number of aliphatic carboxylic acids is 1. The van der Waals surface area contributed by atoms with Gasteiger partial charge in [-0.15, -0.1) is 0 Å². The summed E-state index contributed by atoms with van der Waals surface area (Å²) in [6.07, 6.45) is 7.90. The number of carbonyl (C=O) groups excluding carboxylic acids is 1. The Kier molecular flexibility index (Phi) is 7.71. The zero-order chi connectivity index (χ0) is 19.8. The van der Waals surface area contributed by atoms with Crippen molar-refractivity contribution in [1.82, 2.24) is 10.2 Å². The van der Waals surface area contributed by atoms with Gasteiger partial charge in [-0.3, -0.25) is 14.5 Å². The van der Waals surface area contributed by atoms with Gasteiger partial charge < -0.3 is 15.2 Å². The summed E-state index contributed by atoms with van der Waals surface area (Å²) in [7, 11) is 0. The molecular formula is C22H32N2O4. The molecule has 0 spiro atoms. The Morgan fingerprint density at radius 3 is 2.75 bits per heavy atom. The Morgan fingerprint density at radius 1 is 1.14 bits per heavy atom. The van der Waals surface area contributed by atoms with E-state index in [1.54, 1.807) is 0 Å². The van der Waals surface area contributed by atoms with Crippen molar-refractivity contribution < 1.29 is 19.4 Å². The van der Waals surface area contributed by atoms with E-state index in [2.05, 4.69) is 10.2 Å². The molecule has 1 fully saturated rings. The number of fused-ring (bicyclic) bond motifs is 1. The van der Waals surface area contributed by atoms with Gasteiger partial charge in [-0.2, -0.15) is 0 Å². The molecule has 154 valence electrons. The first kappa shape index (κ1) is 20.6. The Bertz CT molecular complexity index is 671. The van der Waals surface area contributed by atoms with Crippen molar-refractivity contribution in [2.75, 3.05) is 26.2 Å². The van der Waals surface area contributed by atoms with Gasteiger partial charge in [-0.25, -0.2) is 0 Å². The van der Waals surface area contributed by atoms with E-state index < -0.39 is 5.97 Å². The van der Waals surface area contributed by atoms with Crippen LogP contribution >= 0.6 is 0 Å². The van der Waals surface area contributed by atoms with Gasteiger partial charge in [0.15, 0.2) is 0 Å². The zero-order valence-corrected chi connectivity index (χ0v) is 16.6. The summed E-state index contributed by atoms with van der Waals surface area (Å²) in [5, 5.41) is 12.2. The number of benzene rings is 1. The van der Waals surface area contributed by atoms with Gasteiger partial charge in [0, 0.05) is 25.2 Å². The first-order chi connectivity index (χ1) is 13.6. The maximum atomic E-state index is 12.4. The quantitative estimate of drug-likeness (QED) is 0.829. The van der Waals surface area contributed by atoms with Gasteiger partial charge in [-0.1, -0.05) is 25.0 Å². The second-order valence-corrected chi connectivity index (χ2v) is 8.09. The van der Waals surface area contributed by atoms with Crippen LogP contribution in [0.15, 0.2) is 18.2 Å². The molecule has 3 rings (SSSR count). The maximum Gasteiger partial charge on any atom is 0.307 e. The molecule has 0 atom stereocenters. The van der Waals surface area contributed by atoms with Crippen LogP contribution in [0.25, 0.3) is 0 Å². The molecule has 1 saturated carbocycles. The van der Waals surface area contributed by atoms with Gasteiger partial charge in [0.05, 0.1) is 19.6 Å². The number of carboxylic acid groups (broad SMARTS) is 1. The van der Waals surface area contributed by atoms with Crippen LogP contribution in [0, 0.1) is 5.92 Å². The Balaban J connectivity index is 1.81. The van der Waals surface area contributed by atoms with E-state index in [1.807, 2.05) is 18.2 Å². The highest BCUT2D eigenvalue weighted by molar-refractivity contribution is 5.78. The van der Waals surface area contributed by atoms with Crippen molar-refractivity contribution in [2.24, 2.45) is 5.92 Å². The number of carbonyl (C=O) groups is 2. The fourth-order valence-corrected chi connectivity index (χ4v) is 4.24. The third-order valence-corrected chi connectivity index (χ3v) is 5.63. The van der Waals surface area contributed by atoms with Crippen LogP contribution in [0.1, 0.15) is 56.1 Å². The molecule has 1 aliphatic carbocycles. The predicted molar refractivity (Wildman–Crippen MR) is 107 cm³/mol. The Labute approximate surface area is 167 Å². The molecule has 1 heterocycles. The molecule has 1 amide bonds. The Morgan fingerprint density at radius 2 is 1.96 bits per heavy atom. The zero-order valence-electron chi connectivity index (χ0n) is 16.6. The summed E-state index contributed by atoms with van der Waals surface area (Å²) >= 11 is 0. The molecular weight excluding hydrogens is 356 g/mol. The summed E-state index contributed by atoms with van der Waals surface area (Å²) in [5.41, 5.74) is 1.74. The minimum Gasteiger partial charge on any atom is -0.493 e. The SMILES string of the molecule is O=C(O)Cc1ccc2c(c1)CN(CC1CCCC1)CC(=O)NCCCCCO2. The normalized spacial score (nSPS) is 20.2. The average molecular weight is 389 g/mol. The summed E-state index contributed by atoms with van der Waals surface area (Å²) in [5.74, 6) is 0.675. The highest BCUT2D eigenvalue weighted by atomic mass is 16.5. The lowest BCUT2D eigenvalue weighted by Gasteiger charge is -2.26. The molecule has 6 nitrogen and oxygen atoms in total.